The second-order valence-electron chi connectivity index (χ2n) is 11.8. The molecule has 3 heteroatoms. The number of aliphatic imine (C=N–C) groups is 2. The summed E-state index contributed by atoms with van der Waals surface area (Å²) in [5.74, 6) is 0.969. The Morgan fingerprint density at radius 1 is 0.568 bits per heavy atom. The van der Waals surface area contributed by atoms with Crippen LogP contribution in [0.5, 0.6) is 0 Å². The molecule has 2 aliphatic rings. The highest BCUT2D eigenvalue weighted by molar-refractivity contribution is 6.29. The Kier molecular flexibility index (Phi) is 5.54. The van der Waals surface area contributed by atoms with E-state index in [1.807, 2.05) is 6.07 Å². The zero-order chi connectivity index (χ0) is 29.2. The molecule has 1 aliphatic carbocycles. The minimum absolute atomic E-state index is 0.0172. The molecule has 3 nitrogen and oxygen atoms in total. The molecule has 44 heavy (non-hydrogen) atoms. The molecule has 6 aromatic carbocycles. The molecule has 9 rings (SSSR count). The first kappa shape index (κ1) is 25.0. The minimum atomic E-state index is -0.0172. The third-order valence-corrected chi connectivity index (χ3v) is 9.19. The lowest BCUT2D eigenvalue weighted by Crippen LogP contribution is -2.31. The number of allylic oxidation sites excluding steroid dienone is 2. The average Bonchev–Trinajstić information content (AvgIpc) is 3.44. The fourth-order valence-corrected chi connectivity index (χ4v) is 7.18. The van der Waals surface area contributed by atoms with Gasteiger partial charge in [0.25, 0.3) is 0 Å². The van der Waals surface area contributed by atoms with Gasteiger partial charge in [0, 0.05) is 39.1 Å². The molecule has 0 amide bonds. The zero-order valence-electron chi connectivity index (χ0n) is 24.4. The highest BCUT2D eigenvalue weighted by Crippen LogP contribution is 2.42. The van der Waals surface area contributed by atoms with Crippen LogP contribution in [0.15, 0.2) is 161 Å². The van der Waals surface area contributed by atoms with Crippen molar-refractivity contribution in [3.05, 3.63) is 162 Å². The van der Waals surface area contributed by atoms with Crippen molar-refractivity contribution in [3.8, 4) is 0 Å². The van der Waals surface area contributed by atoms with E-state index in [1.54, 1.807) is 0 Å². The summed E-state index contributed by atoms with van der Waals surface area (Å²) >= 11 is 0. The van der Waals surface area contributed by atoms with Crippen molar-refractivity contribution in [1.29, 1.82) is 0 Å². The van der Waals surface area contributed by atoms with Crippen molar-refractivity contribution in [2.45, 2.75) is 13.0 Å². The standard InChI is InChI=1S/C41H29N3/c1-26-24-31(25-34-39(26)42-41(30-16-6-3-7-17-30)43-40(34)29-14-4-2-5-15-29)44-35-22-20-27-12-8-10-18-32(27)37(35)38-33-19-11-9-13-28(33)21-23-36(38)44/h2-26,39H,1H3. The van der Waals surface area contributed by atoms with Crippen LogP contribution >= 0.6 is 0 Å². The van der Waals surface area contributed by atoms with Crippen LogP contribution < -0.4 is 0 Å². The van der Waals surface area contributed by atoms with Crippen LogP contribution in [0, 0.1) is 5.92 Å². The van der Waals surface area contributed by atoms with Gasteiger partial charge in [-0.15, -0.1) is 0 Å². The van der Waals surface area contributed by atoms with Crippen molar-refractivity contribution >= 4 is 60.6 Å². The molecule has 2 atom stereocenters. The summed E-state index contributed by atoms with van der Waals surface area (Å²) in [4.78, 5) is 10.5. The predicted molar refractivity (Wildman–Crippen MR) is 186 cm³/mol. The van der Waals surface area contributed by atoms with Gasteiger partial charge in [0.15, 0.2) is 5.84 Å². The lowest BCUT2D eigenvalue weighted by Gasteiger charge is -2.31. The van der Waals surface area contributed by atoms with Crippen LogP contribution in [0.2, 0.25) is 0 Å². The molecule has 0 fully saturated rings. The maximum atomic E-state index is 5.26. The lowest BCUT2D eigenvalue weighted by molar-refractivity contribution is 0.610. The summed E-state index contributed by atoms with van der Waals surface area (Å²) in [5, 5.41) is 7.67. The van der Waals surface area contributed by atoms with Crippen LogP contribution in [-0.2, 0) is 0 Å². The topological polar surface area (TPSA) is 29.6 Å². The number of nitrogens with zero attached hydrogens (tertiary/aromatic N) is 3. The molecular formula is C41H29N3. The summed E-state index contributed by atoms with van der Waals surface area (Å²) in [7, 11) is 0. The third-order valence-electron chi connectivity index (χ3n) is 9.19. The van der Waals surface area contributed by atoms with Gasteiger partial charge in [-0.3, -0.25) is 4.99 Å². The second kappa shape index (κ2) is 9.75. The quantitative estimate of drug-likeness (QED) is 0.205. The number of aromatic nitrogens is 1. The molecule has 0 N–H and O–H groups in total. The molecule has 0 saturated heterocycles. The first-order valence-electron chi connectivity index (χ1n) is 15.3. The Labute approximate surface area is 255 Å². The van der Waals surface area contributed by atoms with E-state index in [-0.39, 0.29) is 12.0 Å². The van der Waals surface area contributed by atoms with Gasteiger partial charge in [0.2, 0.25) is 0 Å². The van der Waals surface area contributed by atoms with Crippen LogP contribution in [0.25, 0.3) is 49.0 Å². The van der Waals surface area contributed by atoms with Gasteiger partial charge in [-0.1, -0.05) is 134 Å². The van der Waals surface area contributed by atoms with E-state index in [9.17, 15) is 0 Å². The van der Waals surface area contributed by atoms with Gasteiger partial charge >= 0.3 is 0 Å². The number of hydrogen-bond donors (Lipinski definition) is 0. The van der Waals surface area contributed by atoms with Crippen molar-refractivity contribution in [2.75, 3.05) is 0 Å². The monoisotopic (exact) mass is 563 g/mol. The third kappa shape index (κ3) is 3.76. The second-order valence-corrected chi connectivity index (χ2v) is 11.8. The SMILES string of the molecule is CC1C=C(n2c3ccc4ccccc4c3c3c4ccccc4ccc32)C=C2C(c3ccccc3)=NC(c3ccccc3)=NC21. The number of hydrogen-bond acceptors (Lipinski definition) is 2. The van der Waals surface area contributed by atoms with E-state index in [0.29, 0.717) is 0 Å². The molecule has 7 aromatic rings. The molecule has 2 heterocycles. The number of benzene rings is 6. The number of amidine groups is 1. The Morgan fingerprint density at radius 2 is 1.11 bits per heavy atom. The molecule has 0 spiro atoms. The largest absolute Gasteiger partial charge is 0.309 e. The fourth-order valence-electron chi connectivity index (χ4n) is 7.18. The Balaban J connectivity index is 1.32. The van der Waals surface area contributed by atoms with Crippen molar-refractivity contribution in [1.82, 2.24) is 4.57 Å². The van der Waals surface area contributed by atoms with Crippen LogP contribution in [0.4, 0.5) is 0 Å². The van der Waals surface area contributed by atoms with Crippen molar-refractivity contribution in [2.24, 2.45) is 15.9 Å². The van der Waals surface area contributed by atoms with E-state index in [0.717, 1.165) is 33.9 Å². The number of rotatable bonds is 3. The molecule has 208 valence electrons. The molecule has 1 aliphatic heterocycles. The normalized spacial score (nSPS) is 18.2. The van der Waals surface area contributed by atoms with Crippen LogP contribution in [0.1, 0.15) is 18.1 Å². The summed E-state index contributed by atoms with van der Waals surface area (Å²) in [5.41, 5.74) is 7.91. The highest BCUT2D eigenvalue weighted by atomic mass is 15.0. The van der Waals surface area contributed by atoms with E-state index in [4.69, 9.17) is 9.98 Å². The Hall–Kier alpha value is -5.54. The average molecular weight is 564 g/mol. The first-order valence-corrected chi connectivity index (χ1v) is 15.3. The highest BCUT2D eigenvalue weighted by Gasteiger charge is 2.33. The van der Waals surface area contributed by atoms with E-state index in [2.05, 4.69) is 151 Å². The molecule has 0 saturated carbocycles. The van der Waals surface area contributed by atoms with Gasteiger partial charge in [0.05, 0.1) is 22.8 Å². The lowest BCUT2D eigenvalue weighted by atomic mass is 9.83. The van der Waals surface area contributed by atoms with Gasteiger partial charge < -0.3 is 4.57 Å². The maximum absolute atomic E-state index is 5.26. The maximum Gasteiger partial charge on any atom is 0.155 e. The van der Waals surface area contributed by atoms with Crippen LogP contribution in [0.3, 0.4) is 0 Å². The minimum Gasteiger partial charge on any atom is -0.309 e. The Morgan fingerprint density at radius 3 is 1.73 bits per heavy atom. The molecule has 2 unspecified atom stereocenters. The molecule has 1 aromatic heterocycles. The van der Waals surface area contributed by atoms with Crippen molar-refractivity contribution in [3.63, 3.8) is 0 Å². The van der Waals surface area contributed by atoms with E-state index in [1.165, 1.54) is 43.4 Å². The predicted octanol–water partition coefficient (Wildman–Crippen LogP) is 9.84. The summed E-state index contributed by atoms with van der Waals surface area (Å²) in [6, 6.07) is 47.5. The zero-order valence-corrected chi connectivity index (χ0v) is 24.4. The van der Waals surface area contributed by atoms with Gasteiger partial charge in [0.1, 0.15) is 0 Å². The fraction of sp³-hybridized carbons (Fsp3) is 0.0732. The molecule has 0 radical (unpaired) electrons. The first-order chi connectivity index (χ1) is 21.7. The van der Waals surface area contributed by atoms with E-state index < -0.39 is 0 Å². The van der Waals surface area contributed by atoms with Gasteiger partial charge in [-0.2, -0.15) is 0 Å². The summed E-state index contributed by atoms with van der Waals surface area (Å²) in [6.45, 7) is 2.29. The van der Waals surface area contributed by atoms with E-state index >= 15 is 0 Å². The smallest absolute Gasteiger partial charge is 0.155 e. The number of fused-ring (bicyclic) bond motifs is 8. The van der Waals surface area contributed by atoms with Crippen molar-refractivity contribution < 1.29 is 0 Å². The van der Waals surface area contributed by atoms with Gasteiger partial charge in [-0.25, -0.2) is 4.99 Å². The molecule has 0 bridgehead atoms. The van der Waals surface area contributed by atoms with Crippen LogP contribution in [-0.4, -0.2) is 22.2 Å². The Bertz CT molecular complexity index is 2290. The summed E-state index contributed by atoms with van der Waals surface area (Å²) < 4.78 is 2.46. The summed E-state index contributed by atoms with van der Waals surface area (Å²) in [6.07, 6.45) is 4.74. The van der Waals surface area contributed by atoms with Gasteiger partial charge in [-0.05, 0) is 39.8 Å². The molecular weight excluding hydrogens is 534 g/mol.